The molecule has 226 valence electrons. The minimum absolute atomic E-state index is 0.0511. The lowest BCUT2D eigenvalue weighted by atomic mass is 9.84. The molecular weight excluding hydrogens is 640 g/mol. The van der Waals surface area contributed by atoms with Crippen molar-refractivity contribution in [1.29, 1.82) is 0 Å². The predicted octanol–water partition coefficient (Wildman–Crippen LogP) is 7.35. The van der Waals surface area contributed by atoms with E-state index < -0.39 is 22.8 Å². The van der Waals surface area contributed by atoms with Crippen LogP contribution < -0.4 is 15.2 Å². The van der Waals surface area contributed by atoms with E-state index in [2.05, 4.69) is 10.2 Å². The van der Waals surface area contributed by atoms with Crippen LogP contribution in [0.3, 0.4) is 0 Å². The van der Waals surface area contributed by atoms with Crippen molar-refractivity contribution in [1.82, 2.24) is 10.2 Å². The number of hydrogen-bond acceptors (Lipinski definition) is 8. The van der Waals surface area contributed by atoms with Crippen molar-refractivity contribution in [2.45, 2.75) is 29.1 Å². The highest BCUT2D eigenvalue weighted by Crippen LogP contribution is 2.55. The van der Waals surface area contributed by atoms with E-state index in [1.807, 2.05) is 73.7 Å². The van der Waals surface area contributed by atoms with E-state index in [9.17, 15) is 9.59 Å². The summed E-state index contributed by atoms with van der Waals surface area (Å²) in [6, 6.07) is 29.7. The number of nitrogens with zero attached hydrogens (tertiary/aromatic N) is 4. The van der Waals surface area contributed by atoms with E-state index in [0.717, 1.165) is 16.7 Å². The first-order valence-corrected chi connectivity index (χ1v) is 16.6. The quantitative estimate of drug-likeness (QED) is 0.136. The Bertz CT molecular complexity index is 2250. The van der Waals surface area contributed by atoms with Crippen LogP contribution in [0.5, 0.6) is 0 Å². The molecule has 0 saturated heterocycles. The molecule has 2 aromatic heterocycles. The molecule has 46 heavy (non-hydrogen) atoms. The summed E-state index contributed by atoms with van der Waals surface area (Å²) >= 11 is 8.97. The number of hydrogen-bond donors (Lipinski definition) is 0. The van der Waals surface area contributed by atoms with Crippen LogP contribution in [-0.4, -0.2) is 22.0 Å². The molecule has 0 saturated carbocycles. The summed E-state index contributed by atoms with van der Waals surface area (Å²) in [5.41, 5.74) is 1.95. The number of para-hydroxylation sites is 1. The molecule has 0 radical (unpaired) electrons. The number of benzene rings is 4. The van der Waals surface area contributed by atoms with Gasteiger partial charge in [-0.15, -0.1) is 10.2 Å². The van der Waals surface area contributed by atoms with Gasteiger partial charge in [0.2, 0.25) is 10.9 Å². The average Bonchev–Trinajstić information content (AvgIpc) is 3.71. The summed E-state index contributed by atoms with van der Waals surface area (Å²) in [6.45, 7) is 2.23. The summed E-state index contributed by atoms with van der Waals surface area (Å²) in [6.07, 6.45) is 0. The SMILES string of the molecule is Cc1ccc(CN2C(=O)C3(c4ccccc42)c2c(oc4ccc(Cl)cc4c2=O)C(=O)N3c2nnc(SCc3ccccc3)s2)cc1. The van der Waals surface area contributed by atoms with E-state index in [1.165, 1.54) is 34.1 Å². The lowest BCUT2D eigenvalue weighted by molar-refractivity contribution is -0.121. The maximum Gasteiger partial charge on any atom is 0.297 e. The van der Waals surface area contributed by atoms with Gasteiger partial charge in [0.15, 0.2) is 15.3 Å². The lowest BCUT2D eigenvalue weighted by Gasteiger charge is -2.32. The van der Waals surface area contributed by atoms with Gasteiger partial charge in [-0.3, -0.25) is 19.3 Å². The van der Waals surface area contributed by atoms with E-state index in [1.54, 1.807) is 29.2 Å². The fourth-order valence-electron chi connectivity index (χ4n) is 6.24. The van der Waals surface area contributed by atoms with Crippen molar-refractivity contribution in [3.8, 4) is 0 Å². The molecule has 6 aromatic rings. The second-order valence-electron chi connectivity index (χ2n) is 11.1. The van der Waals surface area contributed by atoms with Crippen molar-refractivity contribution >= 4 is 68.3 Å². The number of amides is 2. The highest BCUT2D eigenvalue weighted by Gasteiger charge is 2.66. The zero-order chi connectivity index (χ0) is 31.6. The Hall–Kier alpha value is -4.77. The maximum absolute atomic E-state index is 15.1. The molecule has 1 unspecified atom stereocenters. The fraction of sp³-hybridized carbons (Fsp3) is 0.114. The third-order valence-corrected chi connectivity index (χ3v) is 10.7. The summed E-state index contributed by atoms with van der Waals surface area (Å²) in [5.74, 6) is -0.648. The monoisotopic (exact) mass is 662 g/mol. The summed E-state index contributed by atoms with van der Waals surface area (Å²) in [7, 11) is 0. The van der Waals surface area contributed by atoms with Gasteiger partial charge in [-0.05, 0) is 42.3 Å². The minimum Gasteiger partial charge on any atom is -0.450 e. The minimum atomic E-state index is -1.87. The van der Waals surface area contributed by atoms with E-state index in [-0.39, 0.29) is 34.0 Å². The molecule has 2 amide bonds. The molecule has 0 bridgehead atoms. The number of carbonyl (C=O) groups is 2. The van der Waals surface area contributed by atoms with E-state index in [0.29, 0.717) is 26.4 Å². The molecule has 2 aliphatic rings. The largest absolute Gasteiger partial charge is 0.450 e. The Balaban J connectivity index is 1.33. The van der Waals surface area contributed by atoms with Crippen LogP contribution in [0.15, 0.2) is 111 Å². The molecule has 1 spiro atoms. The van der Waals surface area contributed by atoms with Crippen LogP contribution in [0.4, 0.5) is 10.8 Å². The predicted molar refractivity (Wildman–Crippen MR) is 180 cm³/mol. The number of aromatic nitrogens is 2. The number of thioether (sulfide) groups is 1. The standard InChI is InChI=1S/C35H23ClN4O4S2/c1-20-11-13-21(14-12-20)18-39-26-10-6-5-9-25(26)35(32(39)43)28-29(41)24-17-23(36)15-16-27(24)44-30(28)31(42)40(35)33-37-38-34(46-33)45-19-22-7-3-2-4-8-22/h2-17H,18-19H2,1H3. The van der Waals surface area contributed by atoms with E-state index in [4.69, 9.17) is 16.0 Å². The molecule has 2 aliphatic heterocycles. The molecular formula is C35H23ClN4O4S2. The summed E-state index contributed by atoms with van der Waals surface area (Å²) in [5, 5.41) is 9.50. The van der Waals surface area contributed by atoms with Gasteiger partial charge in [0, 0.05) is 16.3 Å². The Kier molecular flexibility index (Phi) is 6.82. The fourth-order valence-corrected chi connectivity index (χ4v) is 8.26. The topological polar surface area (TPSA) is 96.6 Å². The molecule has 0 fully saturated rings. The van der Waals surface area contributed by atoms with Gasteiger partial charge in [0.05, 0.1) is 23.2 Å². The van der Waals surface area contributed by atoms with Crippen molar-refractivity contribution < 1.29 is 14.0 Å². The Morgan fingerprint density at radius 2 is 1.65 bits per heavy atom. The van der Waals surface area contributed by atoms with Crippen molar-refractivity contribution in [3.05, 3.63) is 146 Å². The second-order valence-corrected chi connectivity index (χ2v) is 13.8. The number of aryl methyl sites for hydroxylation is 1. The van der Waals surface area contributed by atoms with Gasteiger partial charge in [0.25, 0.3) is 11.8 Å². The molecule has 11 heteroatoms. The third kappa shape index (κ3) is 4.32. The van der Waals surface area contributed by atoms with Crippen LogP contribution in [0.25, 0.3) is 11.0 Å². The highest BCUT2D eigenvalue weighted by atomic mass is 35.5. The molecule has 0 N–H and O–H groups in total. The van der Waals surface area contributed by atoms with Gasteiger partial charge >= 0.3 is 0 Å². The van der Waals surface area contributed by atoms with Gasteiger partial charge in [-0.25, -0.2) is 0 Å². The second kappa shape index (κ2) is 10.9. The van der Waals surface area contributed by atoms with Crippen molar-refractivity contribution in [3.63, 3.8) is 0 Å². The Morgan fingerprint density at radius 3 is 2.46 bits per heavy atom. The van der Waals surface area contributed by atoms with Gasteiger partial charge < -0.3 is 9.32 Å². The number of carbonyl (C=O) groups excluding carboxylic acids is 2. The molecule has 1 atom stereocenters. The Labute approximate surface area is 276 Å². The first-order valence-electron chi connectivity index (χ1n) is 14.4. The van der Waals surface area contributed by atoms with Gasteiger partial charge in [-0.1, -0.05) is 113 Å². The number of halogens is 1. The molecule has 0 aliphatic carbocycles. The molecule has 4 aromatic carbocycles. The molecule has 8 nitrogen and oxygen atoms in total. The number of fused-ring (bicyclic) bond motifs is 5. The Morgan fingerprint density at radius 1 is 0.891 bits per heavy atom. The summed E-state index contributed by atoms with van der Waals surface area (Å²) in [4.78, 5) is 47.0. The first-order chi connectivity index (χ1) is 22.4. The zero-order valence-electron chi connectivity index (χ0n) is 24.3. The van der Waals surface area contributed by atoms with Gasteiger partial charge in [0.1, 0.15) is 5.58 Å². The van der Waals surface area contributed by atoms with Crippen LogP contribution >= 0.6 is 34.7 Å². The van der Waals surface area contributed by atoms with Crippen molar-refractivity contribution in [2.75, 3.05) is 9.80 Å². The number of rotatable bonds is 6. The number of anilines is 2. The van der Waals surface area contributed by atoms with Crippen molar-refractivity contribution in [2.24, 2.45) is 0 Å². The van der Waals surface area contributed by atoms with Gasteiger partial charge in [-0.2, -0.15) is 0 Å². The average molecular weight is 663 g/mol. The maximum atomic E-state index is 15.1. The smallest absolute Gasteiger partial charge is 0.297 e. The van der Waals surface area contributed by atoms with Crippen LogP contribution in [0.1, 0.15) is 38.4 Å². The van der Waals surface area contributed by atoms with Crippen LogP contribution in [-0.2, 0) is 22.6 Å². The third-order valence-electron chi connectivity index (χ3n) is 8.34. The zero-order valence-corrected chi connectivity index (χ0v) is 26.7. The van der Waals surface area contributed by atoms with E-state index >= 15 is 4.79 Å². The molecule has 4 heterocycles. The normalized spacial score (nSPS) is 16.9. The molecule has 8 rings (SSSR count). The highest BCUT2D eigenvalue weighted by molar-refractivity contribution is 8.00. The first kappa shape index (κ1) is 28.7. The van der Waals surface area contributed by atoms with Crippen LogP contribution in [0, 0.1) is 6.92 Å². The van der Waals surface area contributed by atoms with Crippen LogP contribution in [0.2, 0.25) is 5.02 Å². The summed E-state index contributed by atoms with van der Waals surface area (Å²) < 4.78 is 6.78. The lowest BCUT2D eigenvalue weighted by Crippen LogP contribution is -2.53.